The fraction of sp³-hybridized carbons (Fsp3) is 1.00. The predicted molar refractivity (Wildman–Crippen MR) is 75.2 cm³/mol. The van der Waals surface area contributed by atoms with E-state index in [1.807, 2.05) is 0 Å². The number of hydrogen-bond donors (Lipinski definition) is 5. The van der Waals surface area contributed by atoms with Crippen LogP contribution in [-0.4, -0.2) is 74.2 Å². The highest BCUT2D eigenvalue weighted by molar-refractivity contribution is 4.98. The molecule has 4 fully saturated rings. The first kappa shape index (κ1) is 15.6. The lowest BCUT2D eigenvalue weighted by molar-refractivity contribution is -0.227. The summed E-state index contributed by atoms with van der Waals surface area (Å²) in [5.74, 6) is 1.84. The zero-order valence-corrected chi connectivity index (χ0v) is 12.3. The summed E-state index contributed by atoms with van der Waals surface area (Å²) in [6.07, 6.45) is 0.845. The molecular formula is C15H27NO5. The fourth-order valence-electron chi connectivity index (χ4n) is 4.66. The first-order valence-corrected chi connectivity index (χ1v) is 8.11. The second-order valence-corrected chi connectivity index (χ2v) is 7.11. The number of rotatable bonds is 3. The van der Waals surface area contributed by atoms with Crippen LogP contribution in [0.1, 0.15) is 32.1 Å². The molecule has 1 saturated heterocycles. The summed E-state index contributed by atoms with van der Waals surface area (Å²) in [6, 6.07) is -0.723. The summed E-state index contributed by atoms with van der Waals surface area (Å²) in [5.41, 5.74) is 0. The summed E-state index contributed by atoms with van der Waals surface area (Å²) in [5, 5.41) is 49.4. The largest absolute Gasteiger partial charge is 0.395 e. The molecule has 5 N–H and O–H groups in total. The second kappa shape index (κ2) is 6.10. The van der Waals surface area contributed by atoms with Gasteiger partial charge >= 0.3 is 0 Å². The third kappa shape index (κ3) is 2.73. The van der Waals surface area contributed by atoms with Gasteiger partial charge in [0.2, 0.25) is 0 Å². The summed E-state index contributed by atoms with van der Waals surface area (Å²) in [7, 11) is 0. The Labute approximate surface area is 125 Å². The van der Waals surface area contributed by atoms with Crippen molar-refractivity contribution in [2.24, 2.45) is 17.8 Å². The molecule has 0 aromatic carbocycles. The van der Waals surface area contributed by atoms with Gasteiger partial charge in [-0.3, -0.25) is 4.90 Å². The maximum absolute atomic E-state index is 10.2. The monoisotopic (exact) mass is 301 g/mol. The molecule has 1 heterocycles. The van der Waals surface area contributed by atoms with E-state index in [9.17, 15) is 25.5 Å². The Balaban J connectivity index is 1.72. The first-order valence-electron chi connectivity index (χ1n) is 8.11. The van der Waals surface area contributed by atoms with E-state index in [0.717, 1.165) is 12.3 Å². The standard InChI is InChI=1S/C15H27NO5/c17-7-11-12(18)13(19)14(20)15(21)16(11)6-10-5-8-1-3-9(10)4-2-8/h8-15,17-21H,1-7H2/t8?,9?,10?,11-,12-,13+,14-,15?/m1/s1. The van der Waals surface area contributed by atoms with Crippen LogP contribution in [0.4, 0.5) is 0 Å². The molecular weight excluding hydrogens is 274 g/mol. The molecule has 4 aliphatic rings. The fourth-order valence-corrected chi connectivity index (χ4v) is 4.66. The van der Waals surface area contributed by atoms with E-state index in [4.69, 9.17) is 0 Å². The van der Waals surface area contributed by atoms with Crippen molar-refractivity contribution < 1.29 is 25.5 Å². The van der Waals surface area contributed by atoms with Crippen LogP contribution in [0.15, 0.2) is 0 Å². The molecule has 1 aliphatic heterocycles. The molecule has 0 aromatic heterocycles. The van der Waals surface area contributed by atoms with Crippen molar-refractivity contribution >= 4 is 0 Å². The van der Waals surface area contributed by atoms with E-state index in [1.165, 1.54) is 25.7 Å². The van der Waals surface area contributed by atoms with Gasteiger partial charge in [0.1, 0.15) is 24.5 Å². The molecule has 0 aromatic rings. The van der Waals surface area contributed by atoms with E-state index in [0.29, 0.717) is 18.4 Å². The summed E-state index contributed by atoms with van der Waals surface area (Å²) >= 11 is 0. The van der Waals surface area contributed by atoms with Gasteiger partial charge in [-0.25, -0.2) is 0 Å². The van der Waals surface area contributed by atoms with Crippen molar-refractivity contribution in [2.75, 3.05) is 13.2 Å². The van der Waals surface area contributed by atoms with E-state index in [2.05, 4.69) is 0 Å². The molecule has 6 atom stereocenters. The van der Waals surface area contributed by atoms with E-state index < -0.39 is 30.6 Å². The van der Waals surface area contributed by atoms with E-state index >= 15 is 0 Å². The van der Waals surface area contributed by atoms with Crippen molar-refractivity contribution in [3.8, 4) is 0 Å². The smallest absolute Gasteiger partial charge is 0.136 e. The Morgan fingerprint density at radius 1 is 0.857 bits per heavy atom. The van der Waals surface area contributed by atoms with Gasteiger partial charge in [-0.15, -0.1) is 0 Å². The van der Waals surface area contributed by atoms with Crippen LogP contribution in [0, 0.1) is 17.8 Å². The number of piperidine rings is 1. The number of fused-ring (bicyclic) bond motifs is 3. The van der Waals surface area contributed by atoms with Crippen LogP contribution in [0.25, 0.3) is 0 Å². The Morgan fingerprint density at radius 3 is 2.05 bits per heavy atom. The van der Waals surface area contributed by atoms with Gasteiger partial charge in [-0.2, -0.15) is 0 Å². The molecule has 6 heteroatoms. The van der Waals surface area contributed by atoms with Crippen LogP contribution in [-0.2, 0) is 0 Å². The minimum atomic E-state index is -1.42. The highest BCUT2D eigenvalue weighted by Gasteiger charge is 2.48. The topological polar surface area (TPSA) is 104 Å². The van der Waals surface area contributed by atoms with Crippen LogP contribution in [0.3, 0.4) is 0 Å². The third-order valence-corrected chi connectivity index (χ3v) is 5.99. The minimum absolute atomic E-state index is 0.344. The molecule has 3 aliphatic carbocycles. The molecule has 21 heavy (non-hydrogen) atoms. The average Bonchev–Trinajstić information content (AvgIpc) is 2.52. The maximum Gasteiger partial charge on any atom is 0.136 e. The van der Waals surface area contributed by atoms with Gasteiger partial charge in [0.25, 0.3) is 0 Å². The van der Waals surface area contributed by atoms with Crippen molar-refractivity contribution in [1.29, 1.82) is 0 Å². The van der Waals surface area contributed by atoms with Crippen LogP contribution >= 0.6 is 0 Å². The third-order valence-electron chi connectivity index (χ3n) is 5.99. The number of likely N-dealkylation sites (tertiary alicyclic amines) is 1. The Hall–Kier alpha value is -0.240. The average molecular weight is 301 g/mol. The van der Waals surface area contributed by atoms with Crippen LogP contribution in [0.2, 0.25) is 0 Å². The highest BCUT2D eigenvalue weighted by atomic mass is 16.4. The molecule has 0 radical (unpaired) electrons. The molecule has 2 unspecified atom stereocenters. The lowest BCUT2D eigenvalue weighted by Crippen LogP contribution is -2.68. The lowest BCUT2D eigenvalue weighted by Gasteiger charge is -2.50. The van der Waals surface area contributed by atoms with E-state index in [-0.39, 0.29) is 6.61 Å². The molecule has 3 saturated carbocycles. The number of hydrogen-bond acceptors (Lipinski definition) is 6. The number of aliphatic hydroxyl groups excluding tert-OH is 5. The van der Waals surface area contributed by atoms with Gasteiger partial charge in [-0.05, 0) is 37.0 Å². The Kier molecular flexibility index (Phi) is 4.55. The lowest BCUT2D eigenvalue weighted by atomic mass is 9.64. The number of aliphatic hydroxyl groups is 5. The zero-order chi connectivity index (χ0) is 15.1. The van der Waals surface area contributed by atoms with Crippen molar-refractivity contribution in [2.45, 2.75) is 62.7 Å². The molecule has 122 valence electrons. The maximum atomic E-state index is 10.2. The summed E-state index contributed by atoms with van der Waals surface area (Å²) < 4.78 is 0. The normalized spacial score (nSPS) is 51.3. The van der Waals surface area contributed by atoms with Crippen molar-refractivity contribution in [3.63, 3.8) is 0 Å². The molecule has 4 rings (SSSR count). The van der Waals surface area contributed by atoms with E-state index in [1.54, 1.807) is 4.90 Å². The Bertz CT molecular complexity index is 360. The molecule has 6 nitrogen and oxygen atoms in total. The van der Waals surface area contributed by atoms with Gasteiger partial charge in [-0.1, -0.05) is 12.8 Å². The van der Waals surface area contributed by atoms with Gasteiger partial charge < -0.3 is 25.5 Å². The Morgan fingerprint density at radius 2 is 1.52 bits per heavy atom. The molecule has 0 amide bonds. The zero-order valence-electron chi connectivity index (χ0n) is 12.3. The van der Waals surface area contributed by atoms with Crippen molar-refractivity contribution in [3.05, 3.63) is 0 Å². The first-order chi connectivity index (χ1) is 10.0. The van der Waals surface area contributed by atoms with Crippen molar-refractivity contribution in [1.82, 2.24) is 4.90 Å². The SMILES string of the molecule is OC[C@@H]1[C@@H](O)[C@H](O)[C@@H](O)C(O)N1CC1CC2CCC1CC2. The summed E-state index contributed by atoms with van der Waals surface area (Å²) in [4.78, 5) is 1.59. The van der Waals surface area contributed by atoms with Gasteiger partial charge in [0, 0.05) is 6.54 Å². The van der Waals surface area contributed by atoms with Crippen LogP contribution in [0.5, 0.6) is 0 Å². The number of nitrogens with zero attached hydrogens (tertiary/aromatic N) is 1. The predicted octanol–water partition coefficient (Wildman–Crippen LogP) is -1.11. The quantitative estimate of drug-likeness (QED) is 0.453. The minimum Gasteiger partial charge on any atom is -0.395 e. The molecule has 0 spiro atoms. The molecule has 2 bridgehead atoms. The van der Waals surface area contributed by atoms with Crippen LogP contribution < -0.4 is 0 Å². The van der Waals surface area contributed by atoms with Gasteiger partial charge in [0.05, 0.1) is 12.6 Å². The summed E-state index contributed by atoms with van der Waals surface area (Å²) in [6.45, 7) is 0.219. The highest BCUT2D eigenvalue weighted by Crippen LogP contribution is 2.45. The second-order valence-electron chi connectivity index (χ2n) is 7.11. The van der Waals surface area contributed by atoms with Gasteiger partial charge in [0.15, 0.2) is 0 Å².